The SMILES string of the molecule is COc1ccc(C(=O)c2ccc(OC)cc2O)c(O)c1.O=S(=O)(O)O. The summed E-state index contributed by atoms with van der Waals surface area (Å²) in [6.45, 7) is 0. The predicted molar refractivity (Wildman–Crippen MR) is 86.9 cm³/mol. The Bertz CT molecular complexity index is 796. The van der Waals surface area contributed by atoms with Gasteiger partial charge in [0, 0.05) is 12.1 Å². The molecule has 0 saturated carbocycles. The third-order valence-corrected chi connectivity index (χ3v) is 2.90. The fourth-order valence-corrected chi connectivity index (χ4v) is 1.81. The molecule has 9 nitrogen and oxygen atoms in total. The van der Waals surface area contributed by atoms with Crippen LogP contribution in [0, 0.1) is 0 Å². The lowest BCUT2D eigenvalue weighted by molar-refractivity contribution is 0.103. The molecule has 0 spiro atoms. The van der Waals surface area contributed by atoms with Gasteiger partial charge in [0.25, 0.3) is 0 Å². The highest BCUT2D eigenvalue weighted by Crippen LogP contribution is 2.30. The second-order valence-electron chi connectivity index (χ2n) is 4.54. The molecule has 0 heterocycles. The molecular weight excluding hydrogens is 356 g/mol. The molecule has 10 heteroatoms. The van der Waals surface area contributed by atoms with Gasteiger partial charge in [0.2, 0.25) is 0 Å². The maximum atomic E-state index is 12.3. The van der Waals surface area contributed by atoms with Gasteiger partial charge < -0.3 is 19.7 Å². The van der Waals surface area contributed by atoms with Gasteiger partial charge in [0.1, 0.15) is 23.0 Å². The highest BCUT2D eigenvalue weighted by molar-refractivity contribution is 7.79. The van der Waals surface area contributed by atoms with Crippen molar-refractivity contribution in [1.29, 1.82) is 0 Å². The van der Waals surface area contributed by atoms with Crippen LogP contribution in [0.2, 0.25) is 0 Å². The van der Waals surface area contributed by atoms with E-state index in [9.17, 15) is 15.0 Å². The minimum Gasteiger partial charge on any atom is -0.507 e. The van der Waals surface area contributed by atoms with Gasteiger partial charge in [-0.25, -0.2) is 0 Å². The summed E-state index contributed by atoms with van der Waals surface area (Å²) < 4.78 is 41.5. The number of hydrogen-bond donors (Lipinski definition) is 4. The lowest BCUT2D eigenvalue weighted by Gasteiger charge is -2.08. The summed E-state index contributed by atoms with van der Waals surface area (Å²) in [7, 11) is -1.74. The van der Waals surface area contributed by atoms with Gasteiger partial charge in [-0.05, 0) is 24.3 Å². The van der Waals surface area contributed by atoms with Gasteiger partial charge in [0.05, 0.1) is 25.3 Å². The van der Waals surface area contributed by atoms with Crippen molar-refractivity contribution in [3.8, 4) is 23.0 Å². The number of aromatic hydroxyl groups is 2. The highest BCUT2D eigenvalue weighted by atomic mass is 32.3. The summed E-state index contributed by atoms with van der Waals surface area (Å²) in [5.74, 6) is -0.00421. The summed E-state index contributed by atoms with van der Waals surface area (Å²) in [4.78, 5) is 12.3. The Morgan fingerprint density at radius 2 is 1.16 bits per heavy atom. The molecule has 4 N–H and O–H groups in total. The Morgan fingerprint density at radius 3 is 1.40 bits per heavy atom. The van der Waals surface area contributed by atoms with Crippen molar-refractivity contribution >= 4 is 16.2 Å². The number of hydrogen-bond acceptors (Lipinski definition) is 7. The first-order valence-corrected chi connectivity index (χ1v) is 7.95. The Kier molecular flexibility index (Phi) is 6.74. The van der Waals surface area contributed by atoms with Gasteiger partial charge in [-0.2, -0.15) is 8.42 Å². The number of phenols is 2. The molecule has 0 radical (unpaired) electrons. The molecule has 0 amide bonds. The first kappa shape index (κ1) is 20.2. The van der Waals surface area contributed by atoms with E-state index >= 15 is 0 Å². The summed E-state index contributed by atoms with van der Waals surface area (Å²) in [6.07, 6.45) is 0. The number of phenolic OH excluding ortho intramolecular Hbond substituents is 2. The fourth-order valence-electron chi connectivity index (χ4n) is 1.81. The first-order chi connectivity index (χ1) is 11.6. The van der Waals surface area contributed by atoms with E-state index in [1.54, 1.807) is 12.1 Å². The molecule has 0 fully saturated rings. The van der Waals surface area contributed by atoms with Crippen LogP contribution < -0.4 is 9.47 Å². The largest absolute Gasteiger partial charge is 0.507 e. The Balaban J connectivity index is 0.000000550. The van der Waals surface area contributed by atoms with Gasteiger partial charge in [-0.1, -0.05) is 0 Å². The molecule has 0 saturated heterocycles. The second-order valence-corrected chi connectivity index (χ2v) is 5.44. The number of ketones is 1. The molecule has 2 aromatic rings. The zero-order valence-electron chi connectivity index (χ0n) is 13.2. The van der Waals surface area contributed by atoms with Gasteiger partial charge in [-0.15, -0.1) is 0 Å². The minimum atomic E-state index is -4.67. The van der Waals surface area contributed by atoms with Crippen LogP contribution >= 0.6 is 0 Å². The van der Waals surface area contributed by atoms with Gasteiger partial charge in [0.15, 0.2) is 5.78 Å². The maximum Gasteiger partial charge on any atom is 0.394 e. The normalized spacial score (nSPS) is 10.4. The zero-order valence-corrected chi connectivity index (χ0v) is 14.0. The van der Waals surface area contributed by atoms with E-state index in [0.717, 1.165) is 0 Å². The zero-order chi connectivity index (χ0) is 19.2. The molecule has 0 aromatic heterocycles. The van der Waals surface area contributed by atoms with Crippen molar-refractivity contribution in [2.75, 3.05) is 14.2 Å². The van der Waals surface area contributed by atoms with Crippen molar-refractivity contribution in [2.45, 2.75) is 0 Å². The quantitative estimate of drug-likeness (QED) is 0.464. The van der Waals surface area contributed by atoms with Gasteiger partial charge >= 0.3 is 10.4 Å². The molecule has 0 aliphatic rings. The number of rotatable bonds is 4. The number of methoxy groups -OCH3 is 2. The Hall–Kier alpha value is -2.82. The summed E-state index contributed by atoms with van der Waals surface area (Å²) in [6, 6.07) is 8.70. The molecular formula is C15H16O9S. The van der Waals surface area contributed by atoms with Crippen LogP contribution in [0.3, 0.4) is 0 Å². The third-order valence-electron chi connectivity index (χ3n) is 2.90. The van der Waals surface area contributed by atoms with Crippen molar-refractivity contribution < 1.29 is 42.0 Å². The molecule has 2 aromatic carbocycles. The van der Waals surface area contributed by atoms with Crippen LogP contribution in [-0.4, -0.2) is 47.7 Å². The van der Waals surface area contributed by atoms with Crippen LogP contribution in [0.1, 0.15) is 15.9 Å². The van der Waals surface area contributed by atoms with Crippen molar-refractivity contribution in [3.05, 3.63) is 47.5 Å². The molecule has 25 heavy (non-hydrogen) atoms. The lowest BCUT2D eigenvalue weighted by atomic mass is 10.0. The molecule has 0 atom stereocenters. The number of ether oxygens (including phenoxy) is 2. The average Bonchev–Trinajstić information content (AvgIpc) is 2.52. The van der Waals surface area contributed by atoms with Crippen molar-refractivity contribution in [2.24, 2.45) is 0 Å². The van der Waals surface area contributed by atoms with Crippen LogP contribution in [-0.2, 0) is 10.4 Å². The topological polar surface area (TPSA) is 151 Å². The van der Waals surface area contributed by atoms with Crippen molar-refractivity contribution in [3.63, 3.8) is 0 Å². The smallest absolute Gasteiger partial charge is 0.394 e. The number of carbonyl (C=O) groups excluding carboxylic acids is 1. The van der Waals surface area contributed by atoms with E-state index in [1.807, 2.05) is 0 Å². The fraction of sp³-hybridized carbons (Fsp3) is 0.133. The van der Waals surface area contributed by atoms with E-state index in [2.05, 4.69) is 0 Å². The molecule has 136 valence electrons. The minimum absolute atomic E-state index is 0.0891. The van der Waals surface area contributed by atoms with Crippen LogP contribution in [0.15, 0.2) is 36.4 Å². The third kappa shape index (κ3) is 6.30. The molecule has 0 aliphatic carbocycles. The molecule has 0 aliphatic heterocycles. The van der Waals surface area contributed by atoms with E-state index in [4.69, 9.17) is 27.0 Å². The summed E-state index contributed by atoms with van der Waals surface area (Å²) in [5.41, 5.74) is 0.178. The van der Waals surface area contributed by atoms with Gasteiger partial charge in [-0.3, -0.25) is 13.9 Å². The Morgan fingerprint density at radius 1 is 0.840 bits per heavy atom. The summed E-state index contributed by atoms with van der Waals surface area (Å²) >= 11 is 0. The van der Waals surface area contributed by atoms with E-state index < -0.39 is 16.2 Å². The van der Waals surface area contributed by atoms with E-state index in [0.29, 0.717) is 11.5 Å². The van der Waals surface area contributed by atoms with Crippen molar-refractivity contribution in [1.82, 2.24) is 0 Å². The number of benzene rings is 2. The lowest BCUT2D eigenvalue weighted by Crippen LogP contribution is -2.02. The first-order valence-electron chi connectivity index (χ1n) is 6.55. The van der Waals surface area contributed by atoms with E-state index in [1.165, 1.54) is 38.5 Å². The molecule has 0 unspecified atom stereocenters. The van der Waals surface area contributed by atoms with Crippen LogP contribution in [0.4, 0.5) is 0 Å². The van der Waals surface area contributed by atoms with E-state index in [-0.39, 0.29) is 22.6 Å². The highest BCUT2D eigenvalue weighted by Gasteiger charge is 2.18. The molecule has 2 rings (SSSR count). The predicted octanol–water partition coefficient (Wildman–Crippen LogP) is 1.69. The van der Waals surface area contributed by atoms with Crippen LogP contribution in [0.25, 0.3) is 0 Å². The monoisotopic (exact) mass is 372 g/mol. The average molecular weight is 372 g/mol. The standard InChI is InChI=1S/C15H14O5.H2O4S/c1-19-9-3-5-11(13(16)7-9)15(18)12-6-4-10(20-2)8-14(12)17;1-5(2,3)4/h3-8,16-17H,1-2H3;(H2,1,2,3,4). The number of carbonyl (C=O) groups is 1. The Labute approximate surface area is 143 Å². The molecule has 0 bridgehead atoms. The van der Waals surface area contributed by atoms with Crippen LogP contribution in [0.5, 0.6) is 23.0 Å². The maximum absolute atomic E-state index is 12.3. The second kappa shape index (κ2) is 8.33. The summed E-state index contributed by atoms with van der Waals surface area (Å²) in [5, 5.41) is 19.7.